The third kappa shape index (κ3) is 4.72. The summed E-state index contributed by atoms with van der Waals surface area (Å²) in [7, 11) is 0. The van der Waals surface area contributed by atoms with E-state index in [2.05, 4.69) is 10.6 Å². The molecule has 1 heterocycles. The van der Waals surface area contributed by atoms with Gasteiger partial charge in [0.25, 0.3) is 0 Å². The fourth-order valence-electron chi connectivity index (χ4n) is 2.06. The summed E-state index contributed by atoms with van der Waals surface area (Å²) >= 11 is -0.166. The summed E-state index contributed by atoms with van der Waals surface area (Å²) in [5, 5.41) is 5.88. The first kappa shape index (κ1) is 15.2. The van der Waals surface area contributed by atoms with Crippen LogP contribution in [-0.2, 0) is 4.79 Å². The maximum Gasteiger partial charge on any atom is 0.446 e. The molecule has 1 fully saturated rings. The molecule has 1 saturated heterocycles. The number of hydrogen-bond acceptors (Lipinski definition) is 3. The molecule has 7 heteroatoms. The molecule has 1 aliphatic rings. The van der Waals surface area contributed by atoms with Crippen molar-refractivity contribution in [1.29, 1.82) is 0 Å². The Hall–Kier alpha value is -1.21. The van der Waals surface area contributed by atoms with Crippen LogP contribution in [0.5, 0.6) is 0 Å². The summed E-state index contributed by atoms with van der Waals surface area (Å²) in [4.78, 5) is 12.1. The molecule has 0 spiro atoms. The van der Waals surface area contributed by atoms with E-state index in [-0.39, 0.29) is 28.5 Å². The van der Waals surface area contributed by atoms with Crippen LogP contribution in [0.3, 0.4) is 0 Å². The minimum Gasteiger partial charge on any atom is -0.326 e. The van der Waals surface area contributed by atoms with Gasteiger partial charge in [0.1, 0.15) is 0 Å². The van der Waals surface area contributed by atoms with Crippen LogP contribution < -0.4 is 10.6 Å². The van der Waals surface area contributed by atoms with Crippen LogP contribution in [0.15, 0.2) is 29.2 Å². The first-order chi connectivity index (χ1) is 9.44. The predicted octanol–water partition coefficient (Wildman–Crippen LogP) is 3.24. The minimum absolute atomic E-state index is 0.0759. The summed E-state index contributed by atoms with van der Waals surface area (Å²) in [6.45, 7) is 1.57. The number of piperidine rings is 1. The highest BCUT2D eigenvalue weighted by Gasteiger charge is 2.29. The van der Waals surface area contributed by atoms with Crippen molar-refractivity contribution in [1.82, 2.24) is 5.32 Å². The third-order valence-electron chi connectivity index (χ3n) is 3.02. The summed E-state index contributed by atoms with van der Waals surface area (Å²) in [5.41, 5.74) is -3.77. The van der Waals surface area contributed by atoms with Crippen LogP contribution in [0, 0.1) is 5.92 Å². The summed E-state index contributed by atoms with van der Waals surface area (Å²) in [6.07, 6.45) is 1.79. The van der Waals surface area contributed by atoms with Crippen LogP contribution in [0.25, 0.3) is 0 Å². The van der Waals surface area contributed by atoms with Crippen LogP contribution in [0.1, 0.15) is 12.8 Å². The standard InChI is InChI=1S/C13H15F3N2OS/c14-13(15,16)20-11-5-3-10(4-6-11)18-12(19)9-2-1-7-17-8-9/h3-6,9,17H,1-2,7-8H2,(H,18,19)/t9-/m0/s1. The van der Waals surface area contributed by atoms with Gasteiger partial charge in [-0.25, -0.2) is 0 Å². The number of nitrogens with one attached hydrogen (secondary N) is 2. The zero-order chi connectivity index (χ0) is 14.6. The molecule has 2 N–H and O–H groups in total. The van der Waals surface area contributed by atoms with Crippen LogP contribution in [0.2, 0.25) is 0 Å². The molecule has 0 saturated carbocycles. The average molecular weight is 304 g/mol. The summed E-state index contributed by atoms with van der Waals surface area (Å²) in [5.74, 6) is -0.165. The third-order valence-corrected chi connectivity index (χ3v) is 3.76. The van der Waals surface area contributed by atoms with Gasteiger partial charge < -0.3 is 10.6 Å². The van der Waals surface area contributed by atoms with Gasteiger partial charge in [-0.2, -0.15) is 13.2 Å². The second-order valence-corrected chi connectivity index (χ2v) is 5.74. The van der Waals surface area contributed by atoms with Gasteiger partial charge in [-0.3, -0.25) is 4.79 Å². The molecule has 1 amide bonds. The van der Waals surface area contributed by atoms with Crippen molar-refractivity contribution in [3.8, 4) is 0 Å². The molecule has 0 aromatic heterocycles. The molecule has 0 bridgehead atoms. The first-order valence-corrected chi connectivity index (χ1v) is 7.13. The fourth-order valence-corrected chi connectivity index (χ4v) is 2.60. The number of hydrogen-bond donors (Lipinski definition) is 2. The quantitative estimate of drug-likeness (QED) is 0.842. The molecule has 20 heavy (non-hydrogen) atoms. The second kappa shape index (κ2) is 6.49. The Morgan fingerprint density at radius 3 is 2.55 bits per heavy atom. The van der Waals surface area contributed by atoms with Crippen molar-refractivity contribution < 1.29 is 18.0 Å². The van der Waals surface area contributed by atoms with E-state index in [0.29, 0.717) is 12.2 Å². The molecule has 1 aliphatic heterocycles. The lowest BCUT2D eigenvalue weighted by Gasteiger charge is -2.21. The Morgan fingerprint density at radius 2 is 2.00 bits per heavy atom. The van der Waals surface area contributed by atoms with E-state index in [0.717, 1.165) is 19.4 Å². The van der Waals surface area contributed by atoms with Crippen molar-refractivity contribution in [3.05, 3.63) is 24.3 Å². The van der Waals surface area contributed by atoms with Gasteiger partial charge >= 0.3 is 5.51 Å². The van der Waals surface area contributed by atoms with Gasteiger partial charge in [-0.1, -0.05) is 0 Å². The fraction of sp³-hybridized carbons (Fsp3) is 0.462. The number of thioether (sulfide) groups is 1. The number of anilines is 1. The van der Waals surface area contributed by atoms with Crippen molar-refractivity contribution in [3.63, 3.8) is 0 Å². The predicted molar refractivity (Wildman–Crippen MR) is 72.6 cm³/mol. The van der Waals surface area contributed by atoms with E-state index in [1.54, 1.807) is 0 Å². The number of benzene rings is 1. The normalized spacial score (nSPS) is 19.6. The van der Waals surface area contributed by atoms with Crippen molar-refractivity contribution in [2.24, 2.45) is 5.92 Å². The molecule has 0 radical (unpaired) electrons. The SMILES string of the molecule is O=C(Nc1ccc(SC(F)(F)F)cc1)[C@H]1CCCNC1. The van der Waals surface area contributed by atoms with Gasteiger partial charge in [0, 0.05) is 17.1 Å². The molecule has 1 aromatic carbocycles. The Balaban J connectivity index is 1.91. The molecule has 1 atom stereocenters. The Kier molecular flexibility index (Phi) is 4.93. The van der Waals surface area contributed by atoms with E-state index in [4.69, 9.17) is 0 Å². The van der Waals surface area contributed by atoms with Gasteiger partial charge in [0.2, 0.25) is 5.91 Å². The van der Waals surface area contributed by atoms with E-state index in [9.17, 15) is 18.0 Å². The molecule has 2 rings (SSSR count). The van der Waals surface area contributed by atoms with Crippen molar-refractivity contribution in [2.45, 2.75) is 23.2 Å². The molecule has 0 aliphatic carbocycles. The van der Waals surface area contributed by atoms with Crippen molar-refractivity contribution in [2.75, 3.05) is 18.4 Å². The van der Waals surface area contributed by atoms with Gasteiger partial charge in [-0.05, 0) is 55.4 Å². The number of rotatable bonds is 3. The van der Waals surface area contributed by atoms with E-state index in [1.807, 2.05) is 0 Å². The number of alkyl halides is 3. The summed E-state index contributed by atoms with van der Waals surface area (Å²) < 4.78 is 36.5. The number of carbonyl (C=O) groups excluding carboxylic acids is 1. The average Bonchev–Trinajstić information content (AvgIpc) is 2.40. The van der Waals surface area contributed by atoms with Crippen LogP contribution in [-0.4, -0.2) is 24.5 Å². The Morgan fingerprint density at radius 1 is 1.30 bits per heavy atom. The smallest absolute Gasteiger partial charge is 0.326 e. The number of halogens is 3. The number of amides is 1. The van der Waals surface area contributed by atoms with E-state index in [1.165, 1.54) is 24.3 Å². The molecular formula is C13H15F3N2OS. The molecule has 0 unspecified atom stereocenters. The monoisotopic (exact) mass is 304 g/mol. The lowest BCUT2D eigenvalue weighted by Crippen LogP contribution is -2.37. The Labute approximate surface area is 119 Å². The lowest BCUT2D eigenvalue weighted by molar-refractivity contribution is -0.120. The molecule has 110 valence electrons. The molecule has 1 aromatic rings. The van der Waals surface area contributed by atoms with E-state index < -0.39 is 5.51 Å². The molecular weight excluding hydrogens is 289 g/mol. The summed E-state index contributed by atoms with van der Waals surface area (Å²) in [6, 6.07) is 5.68. The zero-order valence-corrected chi connectivity index (χ0v) is 11.5. The minimum atomic E-state index is -4.29. The lowest BCUT2D eigenvalue weighted by atomic mass is 9.99. The van der Waals surface area contributed by atoms with Gasteiger partial charge in [0.15, 0.2) is 0 Å². The Bertz CT molecular complexity index is 456. The highest BCUT2D eigenvalue weighted by Crippen LogP contribution is 2.37. The highest BCUT2D eigenvalue weighted by atomic mass is 32.2. The van der Waals surface area contributed by atoms with E-state index >= 15 is 0 Å². The topological polar surface area (TPSA) is 41.1 Å². The second-order valence-electron chi connectivity index (χ2n) is 4.60. The highest BCUT2D eigenvalue weighted by molar-refractivity contribution is 8.00. The maximum absolute atomic E-state index is 12.2. The number of carbonyl (C=O) groups is 1. The maximum atomic E-state index is 12.2. The van der Waals surface area contributed by atoms with Gasteiger partial charge in [0.05, 0.1) is 5.92 Å². The van der Waals surface area contributed by atoms with Gasteiger partial charge in [-0.15, -0.1) is 0 Å². The zero-order valence-electron chi connectivity index (χ0n) is 10.7. The van der Waals surface area contributed by atoms with Crippen LogP contribution >= 0.6 is 11.8 Å². The molecule has 3 nitrogen and oxygen atoms in total. The largest absolute Gasteiger partial charge is 0.446 e. The first-order valence-electron chi connectivity index (χ1n) is 6.31. The van der Waals surface area contributed by atoms with Crippen molar-refractivity contribution >= 4 is 23.4 Å². The van der Waals surface area contributed by atoms with Crippen LogP contribution in [0.4, 0.5) is 18.9 Å².